The second-order valence-corrected chi connectivity index (χ2v) is 9.50. The summed E-state index contributed by atoms with van der Waals surface area (Å²) in [7, 11) is -3.45. The SMILES string of the molecule is O=C(c1ccc(S(=O)(=O)N2CCCC2)cc1)N1CCN(Cc2ccncc2)CC1. The van der Waals surface area contributed by atoms with E-state index in [0.29, 0.717) is 31.7 Å². The highest BCUT2D eigenvalue weighted by Gasteiger charge is 2.28. The summed E-state index contributed by atoms with van der Waals surface area (Å²) < 4.78 is 26.8. The van der Waals surface area contributed by atoms with Gasteiger partial charge >= 0.3 is 0 Å². The van der Waals surface area contributed by atoms with Gasteiger partial charge in [-0.15, -0.1) is 0 Å². The number of carbonyl (C=O) groups is 1. The van der Waals surface area contributed by atoms with Crippen LogP contribution in [0.5, 0.6) is 0 Å². The second-order valence-electron chi connectivity index (χ2n) is 7.56. The van der Waals surface area contributed by atoms with E-state index in [-0.39, 0.29) is 10.8 Å². The van der Waals surface area contributed by atoms with E-state index in [9.17, 15) is 13.2 Å². The van der Waals surface area contributed by atoms with Crippen molar-refractivity contribution in [2.75, 3.05) is 39.3 Å². The minimum absolute atomic E-state index is 0.0429. The Labute approximate surface area is 172 Å². The fourth-order valence-corrected chi connectivity index (χ4v) is 5.40. The maximum Gasteiger partial charge on any atom is 0.253 e. The average molecular weight is 415 g/mol. The molecule has 0 bridgehead atoms. The molecule has 29 heavy (non-hydrogen) atoms. The van der Waals surface area contributed by atoms with Crippen LogP contribution in [0.4, 0.5) is 0 Å². The lowest BCUT2D eigenvalue weighted by molar-refractivity contribution is 0.0628. The topological polar surface area (TPSA) is 73.8 Å². The van der Waals surface area contributed by atoms with Gasteiger partial charge in [0.15, 0.2) is 0 Å². The molecule has 2 fully saturated rings. The molecule has 0 spiro atoms. The molecule has 0 aliphatic carbocycles. The summed E-state index contributed by atoms with van der Waals surface area (Å²) in [5.74, 6) is -0.0429. The molecule has 1 amide bonds. The van der Waals surface area contributed by atoms with Gasteiger partial charge in [0.1, 0.15) is 0 Å². The summed E-state index contributed by atoms with van der Waals surface area (Å²) in [5.41, 5.74) is 1.75. The maximum absolute atomic E-state index is 12.8. The Morgan fingerprint density at radius 2 is 1.48 bits per heavy atom. The van der Waals surface area contributed by atoms with Crippen LogP contribution in [0.1, 0.15) is 28.8 Å². The van der Waals surface area contributed by atoms with E-state index in [1.165, 1.54) is 9.87 Å². The van der Waals surface area contributed by atoms with E-state index < -0.39 is 10.0 Å². The van der Waals surface area contributed by atoms with Gasteiger partial charge in [-0.3, -0.25) is 14.7 Å². The highest BCUT2D eigenvalue weighted by molar-refractivity contribution is 7.89. The van der Waals surface area contributed by atoms with Crippen molar-refractivity contribution in [1.29, 1.82) is 0 Å². The van der Waals surface area contributed by atoms with Crippen LogP contribution in [0.25, 0.3) is 0 Å². The van der Waals surface area contributed by atoms with Crippen LogP contribution in [0.3, 0.4) is 0 Å². The quantitative estimate of drug-likeness (QED) is 0.746. The van der Waals surface area contributed by atoms with Crippen molar-refractivity contribution in [1.82, 2.24) is 19.1 Å². The molecule has 2 aromatic rings. The zero-order valence-electron chi connectivity index (χ0n) is 16.4. The van der Waals surface area contributed by atoms with Gasteiger partial charge in [0.2, 0.25) is 10.0 Å². The standard InChI is InChI=1S/C21H26N4O3S/c26-21(24-15-13-23(14-16-24)17-18-7-9-22-10-8-18)19-3-5-20(6-4-19)29(27,28)25-11-1-2-12-25/h3-10H,1-2,11-17H2. The van der Waals surface area contributed by atoms with E-state index in [1.54, 1.807) is 36.7 Å². The first-order valence-electron chi connectivity index (χ1n) is 10.0. The summed E-state index contributed by atoms with van der Waals surface area (Å²) in [6, 6.07) is 10.4. The summed E-state index contributed by atoms with van der Waals surface area (Å²) in [6.45, 7) is 4.97. The fourth-order valence-electron chi connectivity index (χ4n) is 3.89. The Balaban J connectivity index is 1.35. The third-order valence-corrected chi connectivity index (χ3v) is 7.53. The zero-order valence-corrected chi connectivity index (χ0v) is 17.2. The normalized spacial score (nSPS) is 18.8. The Hall–Kier alpha value is -2.29. The van der Waals surface area contributed by atoms with Crippen molar-refractivity contribution in [3.63, 3.8) is 0 Å². The summed E-state index contributed by atoms with van der Waals surface area (Å²) in [6.07, 6.45) is 5.40. The first-order valence-corrected chi connectivity index (χ1v) is 11.5. The monoisotopic (exact) mass is 414 g/mol. The van der Waals surface area contributed by atoms with Crippen molar-refractivity contribution in [3.05, 3.63) is 59.9 Å². The van der Waals surface area contributed by atoms with Crippen LogP contribution in [0, 0.1) is 0 Å². The molecule has 7 nitrogen and oxygen atoms in total. The number of amides is 1. The molecule has 4 rings (SSSR count). The number of carbonyl (C=O) groups excluding carboxylic acids is 1. The van der Waals surface area contributed by atoms with Crippen molar-refractivity contribution in [3.8, 4) is 0 Å². The molecule has 2 aliphatic rings. The molecule has 0 radical (unpaired) electrons. The number of sulfonamides is 1. The summed E-state index contributed by atoms with van der Waals surface area (Å²) in [4.78, 5) is 21.3. The lowest BCUT2D eigenvalue weighted by Gasteiger charge is -2.34. The predicted molar refractivity (Wildman–Crippen MR) is 110 cm³/mol. The van der Waals surface area contributed by atoms with Crippen molar-refractivity contribution in [2.24, 2.45) is 0 Å². The molecule has 3 heterocycles. The molecule has 0 atom stereocenters. The van der Waals surface area contributed by atoms with Gasteiger partial charge < -0.3 is 4.90 Å². The summed E-state index contributed by atoms with van der Waals surface area (Å²) >= 11 is 0. The smallest absolute Gasteiger partial charge is 0.253 e. The van der Waals surface area contributed by atoms with Gasteiger partial charge in [-0.05, 0) is 54.8 Å². The molecular weight excluding hydrogens is 388 g/mol. The van der Waals surface area contributed by atoms with Crippen LogP contribution in [0.15, 0.2) is 53.7 Å². The number of hydrogen-bond acceptors (Lipinski definition) is 5. The van der Waals surface area contributed by atoms with E-state index >= 15 is 0 Å². The Morgan fingerprint density at radius 1 is 0.862 bits per heavy atom. The number of piperazine rings is 1. The van der Waals surface area contributed by atoms with Gasteiger partial charge in [-0.25, -0.2) is 8.42 Å². The van der Waals surface area contributed by atoms with Gasteiger partial charge in [-0.2, -0.15) is 4.31 Å². The van der Waals surface area contributed by atoms with E-state index in [2.05, 4.69) is 9.88 Å². The number of benzene rings is 1. The summed E-state index contributed by atoms with van der Waals surface area (Å²) in [5, 5.41) is 0. The van der Waals surface area contributed by atoms with Gasteiger partial charge in [-0.1, -0.05) is 0 Å². The number of nitrogens with zero attached hydrogens (tertiary/aromatic N) is 4. The minimum Gasteiger partial charge on any atom is -0.336 e. The molecule has 1 aromatic carbocycles. The lowest BCUT2D eigenvalue weighted by Crippen LogP contribution is -2.48. The predicted octanol–water partition coefficient (Wildman–Crippen LogP) is 1.82. The number of pyridine rings is 1. The molecule has 0 unspecified atom stereocenters. The van der Waals surface area contributed by atoms with Crippen molar-refractivity contribution >= 4 is 15.9 Å². The highest BCUT2D eigenvalue weighted by atomic mass is 32.2. The minimum atomic E-state index is -3.45. The van der Waals surface area contributed by atoms with Crippen molar-refractivity contribution < 1.29 is 13.2 Å². The lowest BCUT2D eigenvalue weighted by atomic mass is 10.1. The molecule has 2 saturated heterocycles. The molecule has 0 N–H and O–H groups in total. The number of rotatable bonds is 5. The van der Waals surface area contributed by atoms with E-state index in [4.69, 9.17) is 0 Å². The highest BCUT2D eigenvalue weighted by Crippen LogP contribution is 2.21. The van der Waals surface area contributed by atoms with E-state index in [1.807, 2.05) is 17.0 Å². The first-order chi connectivity index (χ1) is 14.0. The molecule has 1 aromatic heterocycles. The van der Waals surface area contributed by atoms with Crippen LogP contribution in [-0.2, 0) is 16.6 Å². The van der Waals surface area contributed by atoms with Crippen LogP contribution >= 0.6 is 0 Å². The fraction of sp³-hybridized carbons (Fsp3) is 0.429. The maximum atomic E-state index is 12.8. The van der Waals surface area contributed by atoms with E-state index in [0.717, 1.165) is 32.5 Å². The first kappa shape index (κ1) is 20.0. The Bertz CT molecular complexity index is 934. The van der Waals surface area contributed by atoms with Gasteiger partial charge in [0.25, 0.3) is 5.91 Å². The molecule has 8 heteroatoms. The zero-order chi connectivity index (χ0) is 20.3. The molecule has 0 saturated carbocycles. The van der Waals surface area contributed by atoms with Crippen LogP contribution in [-0.4, -0.2) is 72.7 Å². The van der Waals surface area contributed by atoms with Crippen LogP contribution in [0.2, 0.25) is 0 Å². The van der Waals surface area contributed by atoms with Gasteiger partial charge in [0, 0.05) is 63.8 Å². The largest absolute Gasteiger partial charge is 0.336 e. The Morgan fingerprint density at radius 3 is 2.10 bits per heavy atom. The second kappa shape index (κ2) is 8.61. The molecule has 154 valence electrons. The molecule has 2 aliphatic heterocycles. The third kappa shape index (κ3) is 4.49. The number of aromatic nitrogens is 1. The van der Waals surface area contributed by atoms with Gasteiger partial charge in [0.05, 0.1) is 4.90 Å². The average Bonchev–Trinajstić information content (AvgIpc) is 3.31. The van der Waals surface area contributed by atoms with Crippen molar-refractivity contribution in [2.45, 2.75) is 24.3 Å². The third-order valence-electron chi connectivity index (χ3n) is 5.62. The van der Waals surface area contributed by atoms with Crippen LogP contribution < -0.4 is 0 Å². The Kier molecular flexibility index (Phi) is 5.94. The number of hydrogen-bond donors (Lipinski definition) is 0. The molecular formula is C21H26N4O3S.